The zero-order valence-electron chi connectivity index (χ0n) is 16.4. The van der Waals surface area contributed by atoms with Gasteiger partial charge in [0.1, 0.15) is 0 Å². The molecule has 0 spiro atoms. The van der Waals surface area contributed by atoms with Gasteiger partial charge in [0.25, 0.3) is 5.56 Å². The monoisotopic (exact) mass is 399 g/mol. The van der Waals surface area contributed by atoms with Gasteiger partial charge in [-0.05, 0) is 51.0 Å². The molecular formula is C21H26ClN5O. The van der Waals surface area contributed by atoms with Crippen LogP contribution in [-0.4, -0.2) is 31.7 Å². The Labute approximate surface area is 169 Å². The first kappa shape index (κ1) is 19.0. The van der Waals surface area contributed by atoms with Gasteiger partial charge in [0, 0.05) is 24.2 Å². The number of rotatable bonds is 5. The lowest BCUT2D eigenvalue weighted by molar-refractivity contribution is 0.412. The summed E-state index contributed by atoms with van der Waals surface area (Å²) in [5.41, 5.74) is 1.69. The van der Waals surface area contributed by atoms with Crippen LogP contribution in [0.3, 0.4) is 0 Å². The third-order valence-corrected chi connectivity index (χ3v) is 5.91. The molecule has 1 saturated carbocycles. The molecule has 7 heteroatoms. The van der Waals surface area contributed by atoms with Gasteiger partial charge in [-0.25, -0.2) is 9.55 Å². The van der Waals surface area contributed by atoms with Gasteiger partial charge in [-0.15, -0.1) is 0 Å². The quantitative estimate of drug-likeness (QED) is 0.637. The summed E-state index contributed by atoms with van der Waals surface area (Å²) in [5.74, 6) is 0.699. The Morgan fingerprint density at radius 3 is 2.50 bits per heavy atom. The van der Waals surface area contributed by atoms with E-state index in [9.17, 15) is 4.79 Å². The number of aromatic nitrogens is 4. The van der Waals surface area contributed by atoms with Gasteiger partial charge in [0.05, 0.1) is 12.0 Å². The molecule has 1 aromatic carbocycles. The first-order valence-electron chi connectivity index (χ1n) is 10.1. The van der Waals surface area contributed by atoms with Crippen LogP contribution in [0.25, 0.3) is 16.9 Å². The van der Waals surface area contributed by atoms with Crippen LogP contribution in [0.4, 0.5) is 5.95 Å². The molecule has 0 bridgehead atoms. The van der Waals surface area contributed by atoms with E-state index in [0.29, 0.717) is 28.2 Å². The molecule has 0 amide bonds. The topological polar surface area (TPSA) is 56.0 Å². The third-order valence-electron chi connectivity index (χ3n) is 5.66. The van der Waals surface area contributed by atoms with Crippen molar-refractivity contribution >= 4 is 28.7 Å². The maximum absolute atomic E-state index is 13.5. The molecule has 148 valence electrons. The summed E-state index contributed by atoms with van der Waals surface area (Å²) in [6, 6.07) is 7.75. The number of halogens is 1. The predicted octanol–water partition coefficient (Wildman–Crippen LogP) is 4.41. The van der Waals surface area contributed by atoms with Crippen molar-refractivity contribution in [2.75, 3.05) is 11.4 Å². The Balaban J connectivity index is 1.96. The number of aryl methyl sites for hydroxylation is 1. The van der Waals surface area contributed by atoms with Crippen molar-refractivity contribution in [1.29, 1.82) is 0 Å². The molecule has 28 heavy (non-hydrogen) atoms. The maximum atomic E-state index is 13.5. The number of benzene rings is 1. The van der Waals surface area contributed by atoms with E-state index in [-0.39, 0.29) is 5.56 Å². The minimum atomic E-state index is -0.135. The lowest BCUT2D eigenvalue weighted by Crippen LogP contribution is -2.41. The van der Waals surface area contributed by atoms with Crippen LogP contribution in [0.15, 0.2) is 35.4 Å². The number of imidazole rings is 1. The van der Waals surface area contributed by atoms with E-state index in [2.05, 4.69) is 16.8 Å². The highest BCUT2D eigenvalue weighted by atomic mass is 35.5. The zero-order valence-corrected chi connectivity index (χ0v) is 17.2. The van der Waals surface area contributed by atoms with Gasteiger partial charge in [0.15, 0.2) is 11.2 Å². The molecule has 1 fully saturated rings. The standard InChI is InChI=1S/C21H26ClN5O/c1-3-25-14-23-18-19(25)24-21(26(4-2)16-8-6-5-7-9-16)27(20(18)28)17-12-10-15(22)11-13-17/h10-14,16H,3-9H2,1-2H3. The molecule has 2 aromatic heterocycles. The minimum Gasteiger partial charge on any atom is -0.339 e. The summed E-state index contributed by atoms with van der Waals surface area (Å²) < 4.78 is 3.63. The van der Waals surface area contributed by atoms with E-state index < -0.39 is 0 Å². The van der Waals surface area contributed by atoms with Crippen molar-refractivity contribution in [3.05, 3.63) is 46.0 Å². The van der Waals surface area contributed by atoms with Gasteiger partial charge in [-0.3, -0.25) is 4.79 Å². The number of hydrogen-bond donors (Lipinski definition) is 0. The summed E-state index contributed by atoms with van der Waals surface area (Å²) in [4.78, 5) is 25.1. The van der Waals surface area contributed by atoms with Crippen LogP contribution in [0.2, 0.25) is 5.02 Å². The molecule has 1 aliphatic rings. The van der Waals surface area contributed by atoms with Crippen molar-refractivity contribution in [3.8, 4) is 5.69 Å². The highest BCUT2D eigenvalue weighted by molar-refractivity contribution is 6.30. The molecular weight excluding hydrogens is 374 g/mol. The van der Waals surface area contributed by atoms with Gasteiger partial charge >= 0.3 is 0 Å². The Morgan fingerprint density at radius 2 is 1.86 bits per heavy atom. The van der Waals surface area contributed by atoms with Gasteiger partial charge in [-0.1, -0.05) is 30.9 Å². The lowest BCUT2D eigenvalue weighted by Gasteiger charge is -2.35. The average molecular weight is 400 g/mol. The minimum absolute atomic E-state index is 0.135. The fourth-order valence-electron chi connectivity index (χ4n) is 4.19. The van der Waals surface area contributed by atoms with Crippen LogP contribution in [-0.2, 0) is 6.54 Å². The van der Waals surface area contributed by atoms with E-state index in [1.165, 1.54) is 19.3 Å². The van der Waals surface area contributed by atoms with Crippen LogP contribution in [0.1, 0.15) is 46.0 Å². The molecule has 3 aromatic rings. The normalized spacial score (nSPS) is 15.2. The second-order valence-electron chi connectivity index (χ2n) is 7.31. The molecule has 0 unspecified atom stereocenters. The molecule has 0 saturated heterocycles. The summed E-state index contributed by atoms with van der Waals surface area (Å²) in [7, 11) is 0. The van der Waals surface area contributed by atoms with Crippen molar-refractivity contribution in [3.63, 3.8) is 0 Å². The maximum Gasteiger partial charge on any atom is 0.287 e. The van der Waals surface area contributed by atoms with Crippen LogP contribution < -0.4 is 10.5 Å². The summed E-state index contributed by atoms with van der Waals surface area (Å²) in [5, 5.41) is 0.641. The summed E-state index contributed by atoms with van der Waals surface area (Å²) >= 11 is 6.08. The van der Waals surface area contributed by atoms with E-state index in [4.69, 9.17) is 16.6 Å². The van der Waals surface area contributed by atoms with Gasteiger partial charge < -0.3 is 9.47 Å². The lowest BCUT2D eigenvalue weighted by atomic mass is 9.94. The Hall–Kier alpha value is -2.34. The van der Waals surface area contributed by atoms with Crippen molar-refractivity contribution in [1.82, 2.24) is 19.1 Å². The Kier molecular flexibility index (Phi) is 5.40. The predicted molar refractivity (Wildman–Crippen MR) is 114 cm³/mol. The SMILES string of the molecule is CCN(c1nc2c(ncn2CC)c(=O)n1-c1ccc(Cl)cc1)C1CCCCC1. The van der Waals surface area contributed by atoms with Gasteiger partial charge in [-0.2, -0.15) is 4.98 Å². The molecule has 0 atom stereocenters. The molecule has 0 N–H and O–H groups in total. The number of nitrogens with zero attached hydrogens (tertiary/aromatic N) is 5. The van der Waals surface area contributed by atoms with Crippen molar-refractivity contribution < 1.29 is 0 Å². The molecule has 0 aliphatic heterocycles. The molecule has 6 nitrogen and oxygen atoms in total. The Morgan fingerprint density at radius 1 is 1.14 bits per heavy atom. The summed E-state index contributed by atoms with van der Waals surface area (Å²) in [6.07, 6.45) is 7.70. The largest absolute Gasteiger partial charge is 0.339 e. The summed E-state index contributed by atoms with van der Waals surface area (Å²) in [6.45, 7) is 5.69. The number of hydrogen-bond acceptors (Lipinski definition) is 4. The van der Waals surface area contributed by atoms with E-state index >= 15 is 0 Å². The molecule has 1 aliphatic carbocycles. The second kappa shape index (κ2) is 7.95. The van der Waals surface area contributed by atoms with Crippen molar-refractivity contribution in [2.24, 2.45) is 0 Å². The van der Waals surface area contributed by atoms with E-state index in [0.717, 1.165) is 31.6 Å². The van der Waals surface area contributed by atoms with Crippen LogP contribution in [0.5, 0.6) is 0 Å². The van der Waals surface area contributed by atoms with Crippen molar-refractivity contribution in [2.45, 2.75) is 58.5 Å². The van der Waals surface area contributed by atoms with E-state index in [1.54, 1.807) is 23.0 Å². The Bertz CT molecular complexity index is 1020. The fourth-order valence-corrected chi connectivity index (χ4v) is 4.31. The highest BCUT2D eigenvalue weighted by Gasteiger charge is 2.26. The van der Waals surface area contributed by atoms with Gasteiger partial charge in [0.2, 0.25) is 5.95 Å². The molecule has 4 rings (SSSR count). The second-order valence-corrected chi connectivity index (χ2v) is 7.75. The first-order chi connectivity index (χ1) is 13.6. The molecule has 2 heterocycles. The number of fused-ring (bicyclic) bond motifs is 1. The smallest absolute Gasteiger partial charge is 0.287 e. The van der Waals surface area contributed by atoms with Crippen LogP contribution >= 0.6 is 11.6 Å². The average Bonchev–Trinajstić information content (AvgIpc) is 3.14. The van der Waals surface area contributed by atoms with Crippen LogP contribution in [0, 0.1) is 0 Å². The first-order valence-corrected chi connectivity index (χ1v) is 10.5. The fraction of sp³-hybridized carbons (Fsp3) is 0.476. The molecule has 0 radical (unpaired) electrons. The van der Waals surface area contributed by atoms with E-state index in [1.807, 2.05) is 23.6 Å². The third kappa shape index (κ3) is 3.30. The zero-order chi connectivity index (χ0) is 19.7. The number of anilines is 1. The highest BCUT2D eigenvalue weighted by Crippen LogP contribution is 2.28.